The Kier molecular flexibility index (Phi) is 3.83. The minimum absolute atomic E-state index is 0.303. The summed E-state index contributed by atoms with van der Waals surface area (Å²) < 4.78 is 2.12. The molecule has 0 aromatic carbocycles. The molecule has 1 N–H and O–H groups in total. The van der Waals surface area contributed by atoms with Gasteiger partial charge in [-0.1, -0.05) is 20.8 Å². The second kappa shape index (κ2) is 5.52. The molecule has 0 saturated heterocycles. The van der Waals surface area contributed by atoms with E-state index in [9.17, 15) is 0 Å². The topological polar surface area (TPSA) is 59.4 Å². The van der Waals surface area contributed by atoms with Crippen LogP contribution < -0.4 is 0 Å². The van der Waals surface area contributed by atoms with Crippen LogP contribution in [0.5, 0.6) is 0 Å². The van der Waals surface area contributed by atoms with Crippen LogP contribution in [0.15, 0.2) is 6.20 Å². The zero-order valence-electron chi connectivity index (χ0n) is 14.3. The van der Waals surface area contributed by atoms with Crippen molar-refractivity contribution in [2.24, 2.45) is 11.3 Å². The Labute approximate surface area is 132 Å². The van der Waals surface area contributed by atoms with Gasteiger partial charge in [-0.05, 0) is 50.0 Å². The Morgan fingerprint density at radius 2 is 2.09 bits per heavy atom. The highest BCUT2D eigenvalue weighted by molar-refractivity contribution is 5.54. The number of aromatic nitrogens is 5. The van der Waals surface area contributed by atoms with E-state index in [0.717, 1.165) is 41.7 Å². The number of hydrogen-bond acceptors (Lipinski definition) is 3. The van der Waals surface area contributed by atoms with Crippen LogP contribution in [0.4, 0.5) is 0 Å². The summed E-state index contributed by atoms with van der Waals surface area (Å²) in [5.41, 5.74) is 2.43. The van der Waals surface area contributed by atoms with Crippen molar-refractivity contribution < 1.29 is 0 Å². The minimum atomic E-state index is 0.303. The first-order valence-corrected chi connectivity index (χ1v) is 8.31. The lowest BCUT2D eigenvalue weighted by Crippen LogP contribution is -2.12. The molecular weight excluding hydrogens is 274 g/mol. The Balaban J connectivity index is 1.92. The summed E-state index contributed by atoms with van der Waals surface area (Å²) in [5, 5.41) is 12.1. The van der Waals surface area contributed by atoms with Crippen LogP contribution in [0.2, 0.25) is 0 Å². The number of aromatic amines is 1. The first-order valence-electron chi connectivity index (χ1n) is 8.31. The Morgan fingerprint density at radius 3 is 2.64 bits per heavy atom. The highest BCUT2D eigenvalue weighted by Crippen LogP contribution is 2.40. The molecule has 2 aromatic rings. The zero-order chi connectivity index (χ0) is 15.9. The predicted molar refractivity (Wildman–Crippen MR) is 87.6 cm³/mol. The molecule has 5 nitrogen and oxygen atoms in total. The molecule has 1 saturated carbocycles. The maximum atomic E-state index is 4.83. The molecule has 1 fully saturated rings. The third kappa shape index (κ3) is 3.23. The summed E-state index contributed by atoms with van der Waals surface area (Å²) in [6.45, 7) is 11.1. The molecule has 2 heterocycles. The molecule has 1 aliphatic carbocycles. The average Bonchev–Trinajstić information content (AvgIpc) is 3.07. The fraction of sp³-hybridized carbons (Fsp3) is 0.706. The van der Waals surface area contributed by atoms with Crippen LogP contribution in [-0.4, -0.2) is 25.0 Å². The number of hydrogen-bond donors (Lipinski definition) is 1. The minimum Gasteiger partial charge on any atom is -0.274 e. The lowest BCUT2D eigenvalue weighted by molar-refractivity contribution is 0.372. The normalized spacial score (nSPS) is 17.0. The predicted octanol–water partition coefficient (Wildman–Crippen LogP) is 3.93. The van der Waals surface area contributed by atoms with E-state index in [2.05, 4.69) is 49.5 Å². The van der Waals surface area contributed by atoms with Crippen molar-refractivity contribution in [1.29, 1.82) is 0 Å². The monoisotopic (exact) mass is 301 g/mol. The van der Waals surface area contributed by atoms with Gasteiger partial charge >= 0.3 is 0 Å². The van der Waals surface area contributed by atoms with Crippen molar-refractivity contribution in [2.75, 3.05) is 0 Å². The van der Waals surface area contributed by atoms with E-state index in [0.29, 0.717) is 11.5 Å². The summed E-state index contributed by atoms with van der Waals surface area (Å²) in [5.74, 6) is 2.64. The highest BCUT2D eigenvalue weighted by atomic mass is 15.4. The standard InChI is InChI=1S/C17H27N5/c1-11-10-18-20-15(11)16-19-14(8-9-17(3,4)5)21-22(16)12(2)13-6-7-13/h10,12-13H,6-9H2,1-5H3,(H,18,20). The molecule has 0 radical (unpaired) electrons. The second-order valence-electron chi connectivity index (χ2n) is 7.86. The van der Waals surface area contributed by atoms with Gasteiger partial charge in [-0.2, -0.15) is 10.2 Å². The molecule has 2 aromatic heterocycles. The first kappa shape index (κ1) is 15.3. The summed E-state index contributed by atoms with van der Waals surface area (Å²) >= 11 is 0. The average molecular weight is 301 g/mol. The Hall–Kier alpha value is -1.65. The molecule has 0 amide bonds. The molecular formula is C17H27N5. The summed E-state index contributed by atoms with van der Waals surface area (Å²) in [7, 11) is 0. The number of nitrogens with zero attached hydrogens (tertiary/aromatic N) is 4. The van der Waals surface area contributed by atoms with Gasteiger partial charge in [0.05, 0.1) is 12.2 Å². The summed E-state index contributed by atoms with van der Waals surface area (Å²) in [6, 6.07) is 0.411. The molecule has 1 atom stereocenters. The fourth-order valence-corrected chi connectivity index (χ4v) is 2.77. The van der Waals surface area contributed by atoms with E-state index in [1.54, 1.807) is 0 Å². The Morgan fingerprint density at radius 1 is 1.36 bits per heavy atom. The zero-order valence-corrected chi connectivity index (χ0v) is 14.3. The van der Waals surface area contributed by atoms with E-state index in [4.69, 9.17) is 10.1 Å². The molecule has 0 aliphatic heterocycles. The molecule has 22 heavy (non-hydrogen) atoms. The molecule has 1 aliphatic rings. The van der Waals surface area contributed by atoms with Gasteiger partial charge in [-0.25, -0.2) is 9.67 Å². The van der Waals surface area contributed by atoms with Crippen molar-refractivity contribution in [2.45, 2.75) is 66.3 Å². The van der Waals surface area contributed by atoms with Crippen molar-refractivity contribution in [3.63, 3.8) is 0 Å². The van der Waals surface area contributed by atoms with Crippen molar-refractivity contribution >= 4 is 0 Å². The van der Waals surface area contributed by atoms with Crippen LogP contribution in [0.3, 0.4) is 0 Å². The third-order valence-electron chi connectivity index (χ3n) is 4.52. The number of rotatable bonds is 5. The van der Waals surface area contributed by atoms with Gasteiger partial charge < -0.3 is 0 Å². The largest absolute Gasteiger partial charge is 0.274 e. The van der Waals surface area contributed by atoms with Crippen LogP contribution in [0.25, 0.3) is 11.5 Å². The van der Waals surface area contributed by atoms with E-state index in [-0.39, 0.29) is 0 Å². The van der Waals surface area contributed by atoms with Crippen LogP contribution in [-0.2, 0) is 6.42 Å². The molecule has 1 unspecified atom stereocenters. The Bertz CT molecular complexity index is 642. The van der Waals surface area contributed by atoms with Gasteiger partial charge in [0.15, 0.2) is 11.6 Å². The van der Waals surface area contributed by atoms with Gasteiger partial charge in [-0.15, -0.1) is 0 Å². The summed E-state index contributed by atoms with van der Waals surface area (Å²) in [4.78, 5) is 4.83. The van der Waals surface area contributed by atoms with Crippen LogP contribution >= 0.6 is 0 Å². The van der Waals surface area contributed by atoms with Crippen molar-refractivity contribution in [3.05, 3.63) is 17.6 Å². The molecule has 5 heteroatoms. The van der Waals surface area contributed by atoms with Crippen LogP contribution in [0, 0.1) is 18.3 Å². The number of nitrogens with one attached hydrogen (secondary N) is 1. The van der Waals surface area contributed by atoms with Gasteiger partial charge in [-0.3, -0.25) is 5.10 Å². The smallest absolute Gasteiger partial charge is 0.177 e. The number of aryl methyl sites for hydroxylation is 2. The molecule has 120 valence electrons. The van der Waals surface area contributed by atoms with Gasteiger partial charge in [0.25, 0.3) is 0 Å². The second-order valence-corrected chi connectivity index (χ2v) is 7.86. The van der Waals surface area contributed by atoms with Crippen molar-refractivity contribution in [3.8, 4) is 11.5 Å². The molecule has 3 rings (SSSR count). The van der Waals surface area contributed by atoms with E-state index in [1.165, 1.54) is 12.8 Å². The van der Waals surface area contributed by atoms with E-state index < -0.39 is 0 Å². The van der Waals surface area contributed by atoms with Gasteiger partial charge in [0, 0.05) is 6.42 Å². The molecule has 0 spiro atoms. The maximum Gasteiger partial charge on any atom is 0.177 e. The summed E-state index contributed by atoms with van der Waals surface area (Å²) in [6.07, 6.45) is 6.48. The lowest BCUT2D eigenvalue weighted by atomic mass is 9.90. The van der Waals surface area contributed by atoms with Crippen LogP contribution in [0.1, 0.15) is 64.4 Å². The highest BCUT2D eigenvalue weighted by Gasteiger charge is 2.32. The maximum absolute atomic E-state index is 4.83. The van der Waals surface area contributed by atoms with E-state index in [1.807, 2.05) is 6.20 Å². The first-order chi connectivity index (χ1) is 10.3. The quantitative estimate of drug-likeness (QED) is 0.910. The lowest BCUT2D eigenvalue weighted by Gasteiger charge is -2.16. The third-order valence-corrected chi connectivity index (χ3v) is 4.52. The van der Waals surface area contributed by atoms with Crippen molar-refractivity contribution in [1.82, 2.24) is 25.0 Å². The SMILES string of the molecule is Cc1cn[nH]c1-c1nc(CCC(C)(C)C)nn1C(C)C1CC1. The molecule has 0 bridgehead atoms. The number of H-pyrrole nitrogens is 1. The van der Waals surface area contributed by atoms with Gasteiger partial charge in [0.1, 0.15) is 5.69 Å². The fourth-order valence-electron chi connectivity index (χ4n) is 2.77. The van der Waals surface area contributed by atoms with Gasteiger partial charge in [0.2, 0.25) is 0 Å². The van der Waals surface area contributed by atoms with E-state index >= 15 is 0 Å².